The van der Waals surface area contributed by atoms with Gasteiger partial charge in [0.05, 0.1) is 0 Å². The first kappa shape index (κ1) is 15.0. The number of hydrogen-bond donors (Lipinski definition) is 0. The molecule has 0 saturated heterocycles. The molecule has 0 bridgehead atoms. The van der Waals surface area contributed by atoms with Crippen LogP contribution in [0.2, 0.25) is 0 Å². The molecule has 0 fully saturated rings. The van der Waals surface area contributed by atoms with E-state index in [0.717, 1.165) is 33.6 Å². The largest absolute Gasteiger partial charge is 0.296 e. The van der Waals surface area contributed by atoms with Crippen LogP contribution in [0.25, 0.3) is 27.0 Å². The highest BCUT2D eigenvalue weighted by Gasteiger charge is 2.18. The van der Waals surface area contributed by atoms with Crippen molar-refractivity contribution < 1.29 is 4.79 Å². The molecule has 0 amide bonds. The molecule has 120 valence electrons. The van der Waals surface area contributed by atoms with E-state index in [4.69, 9.17) is 0 Å². The van der Waals surface area contributed by atoms with Gasteiger partial charge in [-0.3, -0.25) is 4.79 Å². The Hall–Kier alpha value is -2.53. The zero-order chi connectivity index (χ0) is 16.7. The predicted octanol–water partition coefficient (Wildman–Crippen LogP) is 4.62. The summed E-state index contributed by atoms with van der Waals surface area (Å²) < 4.78 is 1.68. The third-order valence-electron chi connectivity index (χ3n) is 4.00. The van der Waals surface area contributed by atoms with Gasteiger partial charge in [0.25, 0.3) is 0 Å². The van der Waals surface area contributed by atoms with E-state index in [2.05, 4.69) is 48.2 Å². The highest BCUT2D eigenvalue weighted by Crippen LogP contribution is 2.29. The van der Waals surface area contributed by atoms with Crippen LogP contribution in [0.5, 0.6) is 0 Å². The van der Waals surface area contributed by atoms with Crippen LogP contribution < -0.4 is 0 Å². The van der Waals surface area contributed by atoms with Crippen molar-refractivity contribution in [2.75, 3.05) is 0 Å². The lowest BCUT2D eigenvalue weighted by molar-refractivity contribution is 0.111. The van der Waals surface area contributed by atoms with Gasteiger partial charge in [-0.1, -0.05) is 61.6 Å². The number of imidazole rings is 1. The highest BCUT2D eigenvalue weighted by atomic mass is 32.1. The van der Waals surface area contributed by atoms with Crippen molar-refractivity contribution >= 4 is 33.4 Å². The SMILES string of the molecule is CC(C)Cc1nn2c(C=O)c(-c3ccc4ccccc4c3)nc2s1. The van der Waals surface area contributed by atoms with Crippen LogP contribution in [0, 0.1) is 5.92 Å². The van der Waals surface area contributed by atoms with Gasteiger partial charge in [-0.15, -0.1) is 0 Å². The molecule has 4 rings (SSSR count). The predicted molar refractivity (Wildman–Crippen MR) is 97.7 cm³/mol. The van der Waals surface area contributed by atoms with Crippen LogP contribution in [0.4, 0.5) is 0 Å². The lowest BCUT2D eigenvalue weighted by Gasteiger charge is -2.02. The Balaban J connectivity index is 1.85. The molecule has 0 aliphatic carbocycles. The molecule has 2 aromatic carbocycles. The molecule has 0 saturated carbocycles. The quantitative estimate of drug-likeness (QED) is 0.511. The molecule has 2 heterocycles. The molecular formula is C19H17N3OS. The number of benzene rings is 2. The van der Waals surface area contributed by atoms with Crippen LogP contribution in [0.15, 0.2) is 42.5 Å². The van der Waals surface area contributed by atoms with E-state index in [-0.39, 0.29) is 0 Å². The first-order chi connectivity index (χ1) is 11.7. The number of fused-ring (bicyclic) bond motifs is 2. The molecule has 0 aliphatic rings. The van der Waals surface area contributed by atoms with E-state index in [9.17, 15) is 4.79 Å². The summed E-state index contributed by atoms with van der Waals surface area (Å²) >= 11 is 1.56. The van der Waals surface area contributed by atoms with Crippen LogP contribution in [-0.4, -0.2) is 20.9 Å². The molecule has 0 atom stereocenters. The van der Waals surface area contributed by atoms with Gasteiger partial charge in [0, 0.05) is 12.0 Å². The van der Waals surface area contributed by atoms with Gasteiger partial charge in [0.1, 0.15) is 16.4 Å². The fraction of sp³-hybridized carbons (Fsp3) is 0.211. The molecule has 0 N–H and O–H groups in total. The van der Waals surface area contributed by atoms with E-state index >= 15 is 0 Å². The summed E-state index contributed by atoms with van der Waals surface area (Å²) in [7, 11) is 0. The summed E-state index contributed by atoms with van der Waals surface area (Å²) in [6.45, 7) is 4.32. The molecule has 0 spiro atoms. The van der Waals surface area contributed by atoms with E-state index in [1.807, 2.05) is 18.2 Å². The van der Waals surface area contributed by atoms with Crippen molar-refractivity contribution in [3.63, 3.8) is 0 Å². The second-order valence-electron chi connectivity index (χ2n) is 6.31. The minimum Gasteiger partial charge on any atom is -0.296 e. The summed E-state index contributed by atoms with van der Waals surface area (Å²) in [5.41, 5.74) is 2.16. The highest BCUT2D eigenvalue weighted by molar-refractivity contribution is 7.16. The van der Waals surface area contributed by atoms with Gasteiger partial charge in [0.15, 0.2) is 6.29 Å². The molecular weight excluding hydrogens is 318 g/mol. The summed E-state index contributed by atoms with van der Waals surface area (Å²) in [4.78, 5) is 17.1. The molecule has 4 nitrogen and oxygen atoms in total. The second-order valence-corrected chi connectivity index (χ2v) is 7.35. The normalized spacial score (nSPS) is 11.6. The van der Waals surface area contributed by atoms with Gasteiger partial charge >= 0.3 is 0 Å². The minimum absolute atomic E-state index is 0.520. The van der Waals surface area contributed by atoms with Crippen molar-refractivity contribution in [2.24, 2.45) is 5.92 Å². The molecule has 0 aliphatic heterocycles. The molecule has 2 aromatic heterocycles. The molecule has 0 radical (unpaired) electrons. The number of carbonyl (C=O) groups excluding carboxylic acids is 1. The number of aromatic nitrogens is 3. The van der Waals surface area contributed by atoms with Crippen molar-refractivity contribution in [2.45, 2.75) is 20.3 Å². The third kappa shape index (κ3) is 2.51. The van der Waals surface area contributed by atoms with E-state index in [1.54, 1.807) is 15.9 Å². The number of rotatable bonds is 4. The standard InChI is InChI=1S/C19H17N3OS/c1-12(2)9-17-21-22-16(11-23)18(20-19(22)24-17)15-8-7-13-5-3-4-6-14(13)10-15/h3-8,10-12H,9H2,1-2H3. The summed E-state index contributed by atoms with van der Waals surface area (Å²) in [5, 5.41) is 7.90. The van der Waals surface area contributed by atoms with Crippen LogP contribution in [0.3, 0.4) is 0 Å². The number of carbonyl (C=O) groups is 1. The Morgan fingerprint density at radius 3 is 2.71 bits per heavy atom. The average Bonchev–Trinajstić information content (AvgIpc) is 3.10. The van der Waals surface area contributed by atoms with Gasteiger partial charge in [-0.25, -0.2) is 4.98 Å². The maximum Gasteiger partial charge on any atom is 0.213 e. The van der Waals surface area contributed by atoms with Gasteiger partial charge in [-0.2, -0.15) is 9.61 Å². The fourth-order valence-corrected chi connectivity index (χ4v) is 4.00. The monoisotopic (exact) mass is 335 g/mol. The van der Waals surface area contributed by atoms with E-state index < -0.39 is 0 Å². The third-order valence-corrected chi connectivity index (χ3v) is 4.93. The maximum atomic E-state index is 11.7. The Morgan fingerprint density at radius 2 is 1.96 bits per heavy atom. The summed E-state index contributed by atoms with van der Waals surface area (Å²) in [5.74, 6) is 0.528. The number of aldehydes is 1. The van der Waals surface area contributed by atoms with Crippen LogP contribution in [-0.2, 0) is 6.42 Å². The smallest absolute Gasteiger partial charge is 0.213 e. The summed E-state index contributed by atoms with van der Waals surface area (Å²) in [6.07, 6.45) is 1.75. The second kappa shape index (κ2) is 5.83. The van der Waals surface area contributed by atoms with Gasteiger partial charge in [-0.05, 0) is 22.8 Å². The Labute approximate surface area is 143 Å². The molecule has 4 aromatic rings. The van der Waals surface area contributed by atoms with Gasteiger partial charge < -0.3 is 0 Å². The van der Waals surface area contributed by atoms with Gasteiger partial charge in [0.2, 0.25) is 4.96 Å². The Bertz CT molecular complexity index is 1050. The first-order valence-electron chi connectivity index (χ1n) is 7.98. The fourth-order valence-electron chi connectivity index (χ4n) is 2.89. The zero-order valence-corrected chi connectivity index (χ0v) is 14.4. The lowest BCUT2D eigenvalue weighted by atomic mass is 10.0. The van der Waals surface area contributed by atoms with E-state index in [1.165, 1.54) is 5.39 Å². The lowest BCUT2D eigenvalue weighted by Crippen LogP contribution is -1.98. The van der Waals surface area contributed by atoms with Crippen molar-refractivity contribution in [3.8, 4) is 11.3 Å². The first-order valence-corrected chi connectivity index (χ1v) is 8.80. The summed E-state index contributed by atoms with van der Waals surface area (Å²) in [6, 6.07) is 14.3. The van der Waals surface area contributed by atoms with Crippen molar-refractivity contribution in [1.82, 2.24) is 14.6 Å². The van der Waals surface area contributed by atoms with Crippen molar-refractivity contribution in [3.05, 3.63) is 53.2 Å². The van der Waals surface area contributed by atoms with Crippen molar-refractivity contribution in [1.29, 1.82) is 0 Å². The van der Waals surface area contributed by atoms with Crippen LogP contribution in [0.1, 0.15) is 29.3 Å². The topological polar surface area (TPSA) is 47.3 Å². The van der Waals surface area contributed by atoms with E-state index in [0.29, 0.717) is 17.3 Å². The Morgan fingerprint density at radius 1 is 1.17 bits per heavy atom. The molecule has 0 unspecified atom stereocenters. The average molecular weight is 335 g/mol. The molecule has 24 heavy (non-hydrogen) atoms. The molecule has 5 heteroatoms. The minimum atomic E-state index is 0.520. The Kier molecular flexibility index (Phi) is 3.65. The number of nitrogens with zero attached hydrogens (tertiary/aromatic N) is 3. The maximum absolute atomic E-state index is 11.7. The van der Waals surface area contributed by atoms with Crippen LogP contribution >= 0.6 is 11.3 Å². The number of hydrogen-bond acceptors (Lipinski definition) is 4. The zero-order valence-electron chi connectivity index (χ0n) is 13.6.